The highest BCUT2D eigenvalue weighted by Gasteiger charge is 2.08. The number of rotatable bonds is 8. The van der Waals surface area contributed by atoms with Crippen molar-refractivity contribution in [1.29, 1.82) is 0 Å². The summed E-state index contributed by atoms with van der Waals surface area (Å²) < 4.78 is 0. The average molecular weight is 229 g/mol. The molecule has 0 radical (unpaired) electrons. The summed E-state index contributed by atoms with van der Waals surface area (Å²) in [5.74, 6) is 2.38. The van der Waals surface area contributed by atoms with Crippen LogP contribution in [-0.2, 0) is 0 Å². The first-order valence-corrected chi connectivity index (χ1v) is 7.10. The number of hydrogen-bond acceptors (Lipinski definition) is 2. The number of thioether (sulfide) groups is 1. The molecule has 1 nitrogen and oxygen atoms in total. The van der Waals surface area contributed by atoms with E-state index in [1.165, 1.54) is 30.6 Å². The highest BCUT2D eigenvalue weighted by molar-refractivity contribution is 7.99. The van der Waals surface area contributed by atoms with Gasteiger partial charge in [-0.1, -0.05) is 31.9 Å². The van der Waals surface area contributed by atoms with Crippen LogP contribution >= 0.6 is 11.8 Å². The normalized spacial score (nSPS) is 11.7. The molecule has 0 aliphatic heterocycles. The predicted octanol–water partition coefficient (Wildman–Crippen LogP) is 3.85. The number of nitrogens with one attached hydrogen (secondary N) is 1. The molecule has 0 aliphatic rings. The van der Waals surface area contributed by atoms with Crippen molar-refractivity contribution in [3.05, 3.63) is 12.2 Å². The minimum absolute atomic E-state index is 0.204. The Morgan fingerprint density at radius 2 is 1.93 bits per heavy atom. The van der Waals surface area contributed by atoms with E-state index in [9.17, 15) is 0 Å². The van der Waals surface area contributed by atoms with E-state index >= 15 is 0 Å². The summed E-state index contributed by atoms with van der Waals surface area (Å²) in [6, 6.07) is 0. The molecule has 15 heavy (non-hydrogen) atoms. The van der Waals surface area contributed by atoms with E-state index in [1.807, 2.05) is 11.8 Å². The van der Waals surface area contributed by atoms with Crippen molar-refractivity contribution in [2.24, 2.45) is 0 Å². The number of unbranched alkanes of at least 4 members (excludes halogenated alkanes) is 2. The molecule has 0 aliphatic carbocycles. The molecule has 0 heterocycles. The maximum atomic E-state index is 4.09. The van der Waals surface area contributed by atoms with Crippen molar-refractivity contribution in [2.75, 3.05) is 18.1 Å². The van der Waals surface area contributed by atoms with E-state index in [2.05, 4.69) is 39.6 Å². The lowest BCUT2D eigenvalue weighted by Crippen LogP contribution is -2.37. The fourth-order valence-corrected chi connectivity index (χ4v) is 2.06. The van der Waals surface area contributed by atoms with Crippen LogP contribution in [0.2, 0.25) is 0 Å². The van der Waals surface area contributed by atoms with Crippen LogP contribution in [0.5, 0.6) is 0 Å². The second kappa shape index (κ2) is 8.23. The van der Waals surface area contributed by atoms with Gasteiger partial charge in [-0.05, 0) is 32.9 Å². The standard InChI is InChI=1S/C13H27NS/c1-6-7-8-9-15-11-12(2)10-14-13(3,4)5/h14H,2,6-11H2,1,3-5H3. The van der Waals surface area contributed by atoms with E-state index in [0.29, 0.717) is 0 Å². The molecule has 0 amide bonds. The minimum Gasteiger partial charge on any atom is -0.308 e. The van der Waals surface area contributed by atoms with Gasteiger partial charge in [-0.15, -0.1) is 0 Å². The third-order valence-corrected chi connectivity index (χ3v) is 3.26. The smallest absolute Gasteiger partial charge is 0.0175 e. The Bertz CT molecular complexity index is 170. The van der Waals surface area contributed by atoms with Crippen LogP contribution in [0, 0.1) is 0 Å². The summed E-state index contributed by atoms with van der Waals surface area (Å²) in [6.45, 7) is 13.9. The van der Waals surface area contributed by atoms with Gasteiger partial charge in [0.15, 0.2) is 0 Å². The molecule has 0 bridgehead atoms. The van der Waals surface area contributed by atoms with Crippen LogP contribution in [0.3, 0.4) is 0 Å². The molecule has 0 aromatic rings. The van der Waals surface area contributed by atoms with Gasteiger partial charge in [0.25, 0.3) is 0 Å². The third-order valence-electron chi connectivity index (χ3n) is 2.07. The van der Waals surface area contributed by atoms with Crippen LogP contribution < -0.4 is 5.32 Å². The van der Waals surface area contributed by atoms with Crippen molar-refractivity contribution >= 4 is 11.8 Å². The molecule has 0 fully saturated rings. The van der Waals surface area contributed by atoms with Crippen LogP contribution in [-0.4, -0.2) is 23.6 Å². The Labute approximate surface area is 100 Å². The first-order valence-electron chi connectivity index (χ1n) is 5.95. The van der Waals surface area contributed by atoms with E-state index < -0.39 is 0 Å². The minimum atomic E-state index is 0.204. The molecule has 0 aromatic heterocycles. The molecular weight excluding hydrogens is 202 g/mol. The zero-order valence-corrected chi connectivity index (χ0v) is 11.7. The molecule has 0 unspecified atom stereocenters. The average Bonchev–Trinajstić information content (AvgIpc) is 2.13. The maximum Gasteiger partial charge on any atom is 0.0175 e. The highest BCUT2D eigenvalue weighted by Crippen LogP contribution is 2.10. The van der Waals surface area contributed by atoms with Crippen molar-refractivity contribution in [2.45, 2.75) is 52.5 Å². The van der Waals surface area contributed by atoms with Gasteiger partial charge in [0.2, 0.25) is 0 Å². The SMILES string of the molecule is C=C(CNC(C)(C)C)CSCCCCC. The quantitative estimate of drug-likeness (QED) is 0.501. The van der Waals surface area contributed by atoms with E-state index in [1.54, 1.807) is 0 Å². The van der Waals surface area contributed by atoms with Gasteiger partial charge in [0.1, 0.15) is 0 Å². The van der Waals surface area contributed by atoms with Crippen molar-refractivity contribution in [3.63, 3.8) is 0 Å². The molecule has 0 aromatic carbocycles. The van der Waals surface area contributed by atoms with Gasteiger partial charge in [-0.25, -0.2) is 0 Å². The summed E-state index contributed by atoms with van der Waals surface area (Å²) in [5.41, 5.74) is 1.52. The van der Waals surface area contributed by atoms with E-state index in [4.69, 9.17) is 0 Å². The third kappa shape index (κ3) is 12.0. The molecule has 0 rings (SSSR count). The fourth-order valence-electron chi connectivity index (χ4n) is 1.11. The Morgan fingerprint density at radius 1 is 1.27 bits per heavy atom. The highest BCUT2D eigenvalue weighted by atomic mass is 32.2. The largest absolute Gasteiger partial charge is 0.308 e. The lowest BCUT2D eigenvalue weighted by atomic mass is 10.1. The first kappa shape index (κ1) is 15.0. The summed E-state index contributed by atoms with van der Waals surface area (Å²) in [7, 11) is 0. The second-order valence-electron chi connectivity index (χ2n) is 5.11. The molecular formula is C13H27NS. The zero-order valence-electron chi connectivity index (χ0n) is 10.9. The van der Waals surface area contributed by atoms with E-state index in [0.717, 1.165) is 12.3 Å². The molecule has 2 heteroatoms. The van der Waals surface area contributed by atoms with Crippen LogP contribution in [0.1, 0.15) is 47.0 Å². The summed E-state index contributed by atoms with van der Waals surface area (Å²) in [6.07, 6.45) is 4.02. The van der Waals surface area contributed by atoms with Crippen molar-refractivity contribution in [1.82, 2.24) is 5.32 Å². The second-order valence-corrected chi connectivity index (χ2v) is 6.22. The van der Waals surface area contributed by atoms with Crippen LogP contribution in [0.25, 0.3) is 0 Å². The molecule has 1 N–H and O–H groups in total. The van der Waals surface area contributed by atoms with Gasteiger partial charge in [-0.2, -0.15) is 11.8 Å². The van der Waals surface area contributed by atoms with Crippen molar-refractivity contribution in [3.8, 4) is 0 Å². The summed E-state index contributed by atoms with van der Waals surface area (Å²) in [4.78, 5) is 0. The van der Waals surface area contributed by atoms with Gasteiger partial charge in [0, 0.05) is 17.8 Å². The van der Waals surface area contributed by atoms with Crippen LogP contribution in [0.15, 0.2) is 12.2 Å². The monoisotopic (exact) mass is 229 g/mol. The molecule has 0 spiro atoms. The Kier molecular flexibility index (Phi) is 8.26. The predicted molar refractivity (Wildman–Crippen MR) is 73.7 cm³/mol. The van der Waals surface area contributed by atoms with Gasteiger partial charge in [0.05, 0.1) is 0 Å². The zero-order chi connectivity index (χ0) is 11.7. The fraction of sp³-hybridized carbons (Fsp3) is 0.846. The molecule has 0 saturated heterocycles. The van der Waals surface area contributed by atoms with Gasteiger partial charge < -0.3 is 5.32 Å². The van der Waals surface area contributed by atoms with Crippen LogP contribution in [0.4, 0.5) is 0 Å². The lowest BCUT2D eigenvalue weighted by molar-refractivity contribution is 0.445. The Balaban J connectivity index is 3.34. The summed E-state index contributed by atoms with van der Waals surface area (Å²) in [5, 5.41) is 3.46. The first-order chi connectivity index (χ1) is 6.95. The van der Waals surface area contributed by atoms with Crippen molar-refractivity contribution < 1.29 is 0 Å². The van der Waals surface area contributed by atoms with E-state index in [-0.39, 0.29) is 5.54 Å². The Morgan fingerprint density at radius 3 is 2.47 bits per heavy atom. The Hall–Kier alpha value is 0.0500. The lowest BCUT2D eigenvalue weighted by Gasteiger charge is -2.21. The van der Waals surface area contributed by atoms with Gasteiger partial charge >= 0.3 is 0 Å². The van der Waals surface area contributed by atoms with Gasteiger partial charge in [-0.3, -0.25) is 0 Å². The summed E-state index contributed by atoms with van der Waals surface area (Å²) >= 11 is 2.01. The molecule has 0 saturated carbocycles. The number of hydrogen-bond donors (Lipinski definition) is 1. The molecule has 0 atom stereocenters. The maximum absolute atomic E-state index is 4.09. The topological polar surface area (TPSA) is 12.0 Å². The molecule has 90 valence electrons.